The van der Waals surface area contributed by atoms with Crippen LogP contribution in [0.3, 0.4) is 0 Å². The maximum atomic E-state index is 14.6. The first-order chi connectivity index (χ1) is 16.6. The molecule has 2 aromatic carbocycles. The number of fused-ring (bicyclic) bond motifs is 3. The van der Waals surface area contributed by atoms with E-state index in [9.17, 15) is 22.8 Å². The molecule has 5 rings (SSSR count). The van der Waals surface area contributed by atoms with Crippen LogP contribution in [0.4, 0.5) is 19.1 Å². The number of imidazole rings is 1. The molecule has 1 aliphatic heterocycles. The molecule has 2 amide bonds. The fourth-order valence-corrected chi connectivity index (χ4v) is 5.35. The van der Waals surface area contributed by atoms with Crippen molar-refractivity contribution in [3.05, 3.63) is 46.4 Å². The standard InChI is InChI=1S/C24H21Cl2F3N4O2/c25-16-10-9-14(12-17(16)26)15-6-3-7-18-20(15)30-22-31-21(35)23(33(18)22,24(27,28)29)32-19(34)11-8-13-4-1-2-5-13/h3,6-7,9-10,12-13H,1-2,4-5,8,11H2,(H,32,34)(H,30,31,35). The molecule has 0 radical (unpaired) electrons. The van der Waals surface area contributed by atoms with Crippen LogP contribution in [0.2, 0.25) is 10.0 Å². The molecule has 2 N–H and O–H groups in total. The molecule has 0 saturated heterocycles. The van der Waals surface area contributed by atoms with Crippen LogP contribution in [-0.4, -0.2) is 27.5 Å². The number of para-hydroxylation sites is 1. The summed E-state index contributed by atoms with van der Waals surface area (Å²) in [6.45, 7) is 0. The van der Waals surface area contributed by atoms with Gasteiger partial charge in [0.15, 0.2) is 0 Å². The number of hydrogen-bond acceptors (Lipinski definition) is 3. The van der Waals surface area contributed by atoms with E-state index in [1.54, 1.807) is 30.3 Å². The first-order valence-corrected chi connectivity index (χ1v) is 12.0. The molecular formula is C24H21Cl2F3N4O2. The van der Waals surface area contributed by atoms with Crippen molar-refractivity contribution in [3.8, 4) is 11.1 Å². The van der Waals surface area contributed by atoms with E-state index in [0.717, 1.165) is 30.3 Å². The van der Waals surface area contributed by atoms with Crippen molar-refractivity contribution >= 4 is 52.0 Å². The zero-order valence-corrected chi connectivity index (χ0v) is 19.9. The van der Waals surface area contributed by atoms with E-state index in [-0.39, 0.29) is 28.4 Å². The number of carbonyl (C=O) groups is 2. The van der Waals surface area contributed by atoms with Crippen LogP contribution < -0.4 is 10.6 Å². The molecular weight excluding hydrogens is 504 g/mol. The highest BCUT2D eigenvalue weighted by Crippen LogP contribution is 2.45. The molecule has 184 valence electrons. The molecule has 1 aromatic heterocycles. The van der Waals surface area contributed by atoms with Crippen LogP contribution in [-0.2, 0) is 15.3 Å². The molecule has 2 heterocycles. The first kappa shape index (κ1) is 23.9. The average molecular weight is 525 g/mol. The summed E-state index contributed by atoms with van der Waals surface area (Å²) in [5, 5.41) is 4.85. The summed E-state index contributed by atoms with van der Waals surface area (Å²) in [5.41, 5.74) is -1.96. The number of amides is 2. The first-order valence-electron chi connectivity index (χ1n) is 11.3. The lowest BCUT2D eigenvalue weighted by molar-refractivity contribution is -0.217. The van der Waals surface area contributed by atoms with E-state index in [4.69, 9.17) is 23.2 Å². The number of carbonyl (C=O) groups excluding carboxylic acids is 2. The van der Waals surface area contributed by atoms with Crippen molar-refractivity contribution in [1.29, 1.82) is 0 Å². The van der Waals surface area contributed by atoms with Gasteiger partial charge in [0, 0.05) is 12.0 Å². The fourth-order valence-electron chi connectivity index (χ4n) is 5.05. The second kappa shape index (κ2) is 8.71. The Bertz CT molecular complexity index is 1330. The highest BCUT2D eigenvalue weighted by atomic mass is 35.5. The average Bonchev–Trinajstić information content (AvgIpc) is 3.50. The van der Waals surface area contributed by atoms with Crippen molar-refractivity contribution in [2.45, 2.75) is 50.4 Å². The Balaban J connectivity index is 1.58. The Labute approximate surface area is 208 Å². The minimum atomic E-state index is -5.13. The number of aromatic nitrogens is 2. The Hall–Kier alpha value is -2.78. The number of hydrogen-bond donors (Lipinski definition) is 2. The normalized spacial score (nSPS) is 20.3. The molecule has 6 nitrogen and oxygen atoms in total. The third-order valence-corrected chi connectivity index (χ3v) is 7.53. The maximum absolute atomic E-state index is 14.6. The Morgan fingerprint density at radius 2 is 1.91 bits per heavy atom. The van der Waals surface area contributed by atoms with Crippen LogP contribution in [0.5, 0.6) is 0 Å². The van der Waals surface area contributed by atoms with E-state index in [1.807, 2.05) is 5.32 Å². The lowest BCUT2D eigenvalue weighted by Gasteiger charge is -2.32. The number of alkyl halides is 3. The number of halogens is 5. The van der Waals surface area contributed by atoms with Gasteiger partial charge in [0.25, 0.3) is 11.6 Å². The minimum Gasteiger partial charge on any atom is -0.317 e. The van der Waals surface area contributed by atoms with E-state index in [1.165, 1.54) is 6.07 Å². The minimum absolute atomic E-state index is 0.0374. The molecule has 35 heavy (non-hydrogen) atoms. The molecule has 2 aliphatic rings. The predicted octanol–water partition coefficient (Wildman–Crippen LogP) is 6.26. The summed E-state index contributed by atoms with van der Waals surface area (Å²) in [5.74, 6) is -2.22. The predicted molar refractivity (Wildman–Crippen MR) is 127 cm³/mol. The van der Waals surface area contributed by atoms with E-state index in [0.29, 0.717) is 28.5 Å². The second-order valence-corrected chi connectivity index (χ2v) is 9.79. The topological polar surface area (TPSA) is 76.0 Å². The van der Waals surface area contributed by atoms with Crippen molar-refractivity contribution in [2.24, 2.45) is 5.92 Å². The van der Waals surface area contributed by atoms with Gasteiger partial charge in [-0.2, -0.15) is 13.2 Å². The second-order valence-electron chi connectivity index (χ2n) is 8.97. The van der Waals surface area contributed by atoms with Gasteiger partial charge in [0.05, 0.1) is 21.1 Å². The van der Waals surface area contributed by atoms with Crippen LogP contribution in [0.1, 0.15) is 38.5 Å². The van der Waals surface area contributed by atoms with E-state index < -0.39 is 23.7 Å². The highest BCUT2D eigenvalue weighted by molar-refractivity contribution is 6.42. The van der Waals surface area contributed by atoms with Crippen molar-refractivity contribution in [1.82, 2.24) is 14.9 Å². The zero-order chi connectivity index (χ0) is 25.0. The van der Waals surface area contributed by atoms with Gasteiger partial charge in [-0.15, -0.1) is 0 Å². The third kappa shape index (κ3) is 3.94. The molecule has 3 aromatic rings. The molecule has 11 heteroatoms. The summed E-state index contributed by atoms with van der Waals surface area (Å²) in [7, 11) is 0. The van der Waals surface area contributed by atoms with E-state index >= 15 is 0 Å². The lowest BCUT2D eigenvalue weighted by Crippen LogP contribution is -2.63. The highest BCUT2D eigenvalue weighted by Gasteiger charge is 2.67. The lowest BCUT2D eigenvalue weighted by atomic mass is 10.0. The summed E-state index contributed by atoms with van der Waals surface area (Å²) >= 11 is 12.1. The molecule has 1 atom stereocenters. The largest absolute Gasteiger partial charge is 0.440 e. The van der Waals surface area contributed by atoms with E-state index in [2.05, 4.69) is 10.3 Å². The van der Waals surface area contributed by atoms with Gasteiger partial charge in [-0.3, -0.25) is 19.5 Å². The van der Waals surface area contributed by atoms with Gasteiger partial charge in [-0.25, -0.2) is 4.98 Å². The zero-order valence-electron chi connectivity index (χ0n) is 18.4. The van der Waals surface area contributed by atoms with Gasteiger partial charge in [-0.1, -0.05) is 67.1 Å². The van der Waals surface area contributed by atoms with Crippen LogP contribution in [0.15, 0.2) is 36.4 Å². The number of anilines is 1. The third-order valence-electron chi connectivity index (χ3n) is 6.79. The van der Waals surface area contributed by atoms with Gasteiger partial charge in [-0.05, 0) is 36.1 Å². The van der Waals surface area contributed by atoms with Crippen molar-refractivity contribution in [3.63, 3.8) is 0 Å². The van der Waals surface area contributed by atoms with Crippen LogP contribution >= 0.6 is 23.2 Å². The molecule has 1 unspecified atom stereocenters. The molecule has 1 saturated carbocycles. The molecule has 1 fully saturated rings. The summed E-state index contributed by atoms with van der Waals surface area (Å²) in [4.78, 5) is 29.8. The van der Waals surface area contributed by atoms with Crippen LogP contribution in [0, 0.1) is 5.92 Å². The number of nitrogens with one attached hydrogen (secondary N) is 2. The van der Waals surface area contributed by atoms with Gasteiger partial charge in [0.1, 0.15) is 0 Å². The Morgan fingerprint density at radius 1 is 1.17 bits per heavy atom. The van der Waals surface area contributed by atoms with Crippen molar-refractivity contribution < 1.29 is 22.8 Å². The molecule has 0 spiro atoms. The van der Waals surface area contributed by atoms with Gasteiger partial charge in [0.2, 0.25) is 11.9 Å². The van der Waals surface area contributed by atoms with Crippen molar-refractivity contribution in [2.75, 3.05) is 5.32 Å². The monoisotopic (exact) mass is 524 g/mol. The summed E-state index contributed by atoms with van der Waals surface area (Å²) in [6, 6.07) is 9.51. The summed E-state index contributed by atoms with van der Waals surface area (Å²) in [6.07, 6.45) is -0.678. The molecule has 0 bridgehead atoms. The Morgan fingerprint density at radius 3 is 2.60 bits per heavy atom. The maximum Gasteiger partial charge on any atom is 0.440 e. The molecule has 1 aliphatic carbocycles. The smallest absolute Gasteiger partial charge is 0.317 e. The SMILES string of the molecule is O=C(CCC1CCCC1)NC1(C(F)(F)F)C(=O)Nc2nc3c(-c4ccc(Cl)c(Cl)c4)cccc3n21. The number of nitrogens with zero attached hydrogens (tertiary/aromatic N) is 2. The van der Waals surface area contributed by atoms with Gasteiger partial charge >= 0.3 is 6.18 Å². The van der Waals surface area contributed by atoms with Crippen LogP contribution in [0.25, 0.3) is 22.2 Å². The number of rotatable bonds is 5. The number of benzene rings is 2. The van der Waals surface area contributed by atoms with Gasteiger partial charge < -0.3 is 5.32 Å². The Kier molecular flexibility index (Phi) is 5.96. The fraction of sp³-hybridized carbons (Fsp3) is 0.375. The summed E-state index contributed by atoms with van der Waals surface area (Å²) < 4.78 is 44.6. The quantitative estimate of drug-likeness (QED) is 0.413.